The highest BCUT2D eigenvalue weighted by Gasteiger charge is 2.28. The zero-order valence-electron chi connectivity index (χ0n) is 14.9. The minimum atomic E-state index is -0.0654. The van der Waals surface area contributed by atoms with Crippen molar-refractivity contribution in [1.82, 2.24) is 0 Å². The summed E-state index contributed by atoms with van der Waals surface area (Å²) in [7, 11) is 0. The summed E-state index contributed by atoms with van der Waals surface area (Å²) in [4.78, 5) is 15.5. The minimum absolute atomic E-state index is 0.0654. The predicted molar refractivity (Wildman–Crippen MR) is 107 cm³/mol. The lowest BCUT2D eigenvalue weighted by Crippen LogP contribution is -3.11. The second-order valence-electron chi connectivity index (χ2n) is 6.87. The Labute approximate surface area is 158 Å². The van der Waals surface area contributed by atoms with E-state index in [1.54, 1.807) is 9.78 Å². The van der Waals surface area contributed by atoms with Crippen LogP contribution in [-0.4, -0.2) is 12.5 Å². The van der Waals surface area contributed by atoms with E-state index in [1.165, 1.54) is 24.1 Å². The van der Waals surface area contributed by atoms with Crippen LogP contribution in [0.4, 0.5) is 5.69 Å². The fourth-order valence-corrected chi connectivity index (χ4v) is 4.63. The van der Waals surface area contributed by atoms with Crippen molar-refractivity contribution >= 4 is 22.9 Å². The molecule has 1 aromatic heterocycles. The van der Waals surface area contributed by atoms with Crippen molar-refractivity contribution in [2.75, 3.05) is 11.9 Å². The van der Waals surface area contributed by atoms with E-state index in [2.05, 4.69) is 35.8 Å². The molecule has 0 saturated heterocycles. The molecule has 4 heteroatoms. The van der Waals surface area contributed by atoms with Crippen LogP contribution < -0.4 is 10.2 Å². The van der Waals surface area contributed by atoms with Gasteiger partial charge >= 0.3 is 0 Å². The lowest BCUT2D eigenvalue weighted by Gasteiger charge is -2.30. The Bertz CT molecular complexity index is 886. The fourth-order valence-electron chi connectivity index (χ4n) is 3.65. The predicted octanol–water partition coefficient (Wildman–Crippen LogP) is 3.70. The summed E-state index contributed by atoms with van der Waals surface area (Å²) in [5, 5.41) is 5.14. The van der Waals surface area contributed by atoms with Crippen LogP contribution >= 0.6 is 11.3 Å². The van der Waals surface area contributed by atoms with Crippen molar-refractivity contribution in [3.63, 3.8) is 0 Å². The number of nitrogens with one attached hydrogen (secondary N) is 2. The molecule has 0 spiro atoms. The molecule has 1 aliphatic rings. The van der Waals surface area contributed by atoms with E-state index in [0.717, 1.165) is 12.2 Å². The molecule has 1 unspecified atom stereocenters. The Hall–Kier alpha value is -2.43. The third-order valence-corrected chi connectivity index (χ3v) is 6.21. The average molecular weight is 364 g/mol. The Balaban J connectivity index is 1.41. The first kappa shape index (κ1) is 17.0. The number of fused-ring (bicyclic) bond motifs is 1. The molecule has 26 heavy (non-hydrogen) atoms. The summed E-state index contributed by atoms with van der Waals surface area (Å²) >= 11 is 1.89. The molecule has 0 fully saturated rings. The molecule has 4 rings (SSSR count). The van der Waals surface area contributed by atoms with E-state index in [1.807, 2.05) is 53.8 Å². The van der Waals surface area contributed by atoms with Crippen molar-refractivity contribution in [1.29, 1.82) is 0 Å². The van der Waals surface area contributed by atoms with E-state index in [0.29, 0.717) is 11.6 Å². The Morgan fingerprint density at radius 3 is 2.65 bits per heavy atom. The Kier molecular flexibility index (Phi) is 4.87. The van der Waals surface area contributed by atoms with Crippen LogP contribution in [0.5, 0.6) is 0 Å². The minimum Gasteiger partial charge on any atom is -0.325 e. The molecule has 0 saturated carbocycles. The van der Waals surface area contributed by atoms with Gasteiger partial charge in [0, 0.05) is 33.7 Å². The standard InChI is InChI=1S/C22H22N2OS/c1-16-20-12-14-26-21(20)11-13-24(16)15-17-7-9-18(10-8-17)22(25)23-19-5-3-2-4-6-19/h2-10,12,14,16H,11,13,15H2,1H3,(H,23,25)/p+1/t16-/m0/s1. The van der Waals surface area contributed by atoms with Gasteiger partial charge in [0.1, 0.15) is 12.6 Å². The van der Waals surface area contributed by atoms with Crippen molar-refractivity contribution in [2.24, 2.45) is 0 Å². The number of amides is 1. The smallest absolute Gasteiger partial charge is 0.255 e. The zero-order valence-corrected chi connectivity index (χ0v) is 15.7. The van der Waals surface area contributed by atoms with Gasteiger partial charge in [0.15, 0.2) is 0 Å². The summed E-state index contributed by atoms with van der Waals surface area (Å²) in [6.45, 7) is 4.49. The summed E-state index contributed by atoms with van der Waals surface area (Å²) < 4.78 is 0. The monoisotopic (exact) mass is 363 g/mol. The van der Waals surface area contributed by atoms with E-state index in [9.17, 15) is 4.79 Å². The number of thiophene rings is 1. The Morgan fingerprint density at radius 2 is 1.88 bits per heavy atom. The third-order valence-electron chi connectivity index (χ3n) is 5.21. The SMILES string of the molecule is C[C@H]1c2ccsc2CC[NH+]1Cc1ccc(C(=O)Nc2ccccc2)cc1. The van der Waals surface area contributed by atoms with Crippen LogP contribution in [0.15, 0.2) is 66.0 Å². The number of hydrogen-bond acceptors (Lipinski definition) is 2. The molecule has 2 heterocycles. The van der Waals surface area contributed by atoms with Crippen LogP contribution in [0, 0.1) is 0 Å². The van der Waals surface area contributed by atoms with Gasteiger partial charge < -0.3 is 10.2 Å². The van der Waals surface area contributed by atoms with Crippen molar-refractivity contribution in [3.05, 3.63) is 87.6 Å². The molecule has 1 amide bonds. The highest BCUT2D eigenvalue weighted by Crippen LogP contribution is 2.24. The number of carbonyl (C=O) groups is 1. The number of rotatable bonds is 4. The van der Waals surface area contributed by atoms with Crippen molar-refractivity contribution in [2.45, 2.75) is 25.9 Å². The molecular formula is C22H23N2OS+. The molecule has 0 aliphatic carbocycles. The van der Waals surface area contributed by atoms with Crippen LogP contribution in [0.2, 0.25) is 0 Å². The second kappa shape index (κ2) is 7.44. The lowest BCUT2D eigenvalue weighted by molar-refractivity contribution is -0.945. The summed E-state index contributed by atoms with van der Waals surface area (Å²) in [6.07, 6.45) is 1.17. The van der Waals surface area contributed by atoms with E-state index in [4.69, 9.17) is 0 Å². The first-order chi connectivity index (χ1) is 12.7. The summed E-state index contributed by atoms with van der Waals surface area (Å²) in [5.74, 6) is -0.0654. The number of carbonyl (C=O) groups excluding carboxylic acids is 1. The molecule has 2 atom stereocenters. The molecule has 1 aliphatic heterocycles. The molecule has 2 aromatic carbocycles. The number of hydrogen-bond donors (Lipinski definition) is 2. The van der Waals surface area contributed by atoms with Crippen molar-refractivity contribution < 1.29 is 9.69 Å². The van der Waals surface area contributed by atoms with Gasteiger partial charge in [0.25, 0.3) is 5.91 Å². The molecular weight excluding hydrogens is 340 g/mol. The molecule has 3 aromatic rings. The van der Waals surface area contributed by atoms with Crippen molar-refractivity contribution in [3.8, 4) is 0 Å². The maximum absolute atomic E-state index is 12.4. The highest BCUT2D eigenvalue weighted by molar-refractivity contribution is 7.10. The molecule has 0 radical (unpaired) electrons. The number of benzene rings is 2. The van der Waals surface area contributed by atoms with Gasteiger partial charge in [0.05, 0.1) is 6.54 Å². The molecule has 3 nitrogen and oxygen atoms in total. The van der Waals surface area contributed by atoms with Gasteiger partial charge in [0.2, 0.25) is 0 Å². The average Bonchev–Trinajstić information content (AvgIpc) is 3.15. The van der Waals surface area contributed by atoms with E-state index >= 15 is 0 Å². The van der Waals surface area contributed by atoms with E-state index < -0.39 is 0 Å². The number of quaternary nitrogens is 1. The maximum Gasteiger partial charge on any atom is 0.255 e. The van der Waals surface area contributed by atoms with Gasteiger partial charge in [-0.3, -0.25) is 4.79 Å². The maximum atomic E-state index is 12.4. The third kappa shape index (κ3) is 3.57. The van der Waals surface area contributed by atoms with Crippen LogP contribution in [0.1, 0.15) is 39.3 Å². The summed E-state index contributed by atoms with van der Waals surface area (Å²) in [6, 6.07) is 20.4. The molecule has 0 bridgehead atoms. The van der Waals surface area contributed by atoms with Crippen LogP contribution in [0.3, 0.4) is 0 Å². The normalized spacial score (nSPS) is 19.0. The lowest BCUT2D eigenvalue weighted by atomic mass is 10.0. The fraction of sp³-hybridized carbons (Fsp3) is 0.227. The first-order valence-electron chi connectivity index (χ1n) is 9.07. The van der Waals surface area contributed by atoms with Crippen LogP contribution in [-0.2, 0) is 13.0 Å². The zero-order chi connectivity index (χ0) is 17.9. The summed E-state index contributed by atoms with van der Waals surface area (Å²) in [5.41, 5.74) is 4.30. The van der Waals surface area contributed by atoms with E-state index in [-0.39, 0.29) is 5.91 Å². The van der Waals surface area contributed by atoms with Gasteiger partial charge in [-0.15, -0.1) is 11.3 Å². The van der Waals surface area contributed by atoms with Gasteiger partial charge in [-0.2, -0.15) is 0 Å². The Morgan fingerprint density at radius 1 is 1.12 bits per heavy atom. The number of anilines is 1. The topological polar surface area (TPSA) is 33.5 Å². The first-order valence-corrected chi connectivity index (χ1v) is 9.95. The van der Waals surface area contributed by atoms with Gasteiger partial charge in [-0.25, -0.2) is 0 Å². The van der Waals surface area contributed by atoms with Gasteiger partial charge in [-0.05, 0) is 42.6 Å². The quantitative estimate of drug-likeness (QED) is 0.728. The number of para-hydroxylation sites is 1. The molecule has 2 N–H and O–H groups in total. The van der Waals surface area contributed by atoms with Crippen LogP contribution in [0.25, 0.3) is 0 Å². The molecule has 132 valence electrons. The second-order valence-corrected chi connectivity index (χ2v) is 7.87. The highest BCUT2D eigenvalue weighted by atomic mass is 32.1. The largest absolute Gasteiger partial charge is 0.325 e. The van der Waals surface area contributed by atoms with Gasteiger partial charge in [-0.1, -0.05) is 30.3 Å².